The van der Waals surface area contributed by atoms with Crippen LogP contribution < -0.4 is 10.6 Å². The fourth-order valence-electron chi connectivity index (χ4n) is 9.48. The first-order chi connectivity index (χ1) is 23.0. The minimum absolute atomic E-state index is 0.348. The molecule has 12 heteroatoms. The molecule has 4 aliphatic rings. The molecule has 266 valence electrons. The van der Waals surface area contributed by atoms with E-state index in [-0.39, 0.29) is 0 Å². The zero-order valence-electron chi connectivity index (χ0n) is 27.2. The molecule has 0 radical (unpaired) electrons. The van der Waals surface area contributed by atoms with Gasteiger partial charge in [-0.25, -0.2) is 35.1 Å². The Morgan fingerprint density at radius 3 is 0.688 bits per heavy atom. The second-order valence-electron chi connectivity index (χ2n) is 14.5. The van der Waals surface area contributed by atoms with Crippen LogP contribution in [0, 0.1) is 46.5 Å². The van der Waals surface area contributed by atoms with Crippen molar-refractivity contribution in [2.24, 2.45) is 0 Å². The SMILES string of the molecule is O=P(c1c(F)c(F)c(-c2c(F)c(F)c(P(=O)(C3CCCCC3)C3CCCCC3)c(F)c2F)c(F)c1F)(C1CCCCC1)C1CCCCC1. The van der Waals surface area contributed by atoms with E-state index < -0.39 is 105 Å². The highest BCUT2D eigenvalue weighted by Crippen LogP contribution is 2.64. The highest BCUT2D eigenvalue weighted by Gasteiger charge is 2.50. The molecule has 0 heterocycles. The first-order valence-electron chi connectivity index (χ1n) is 17.9. The molecule has 6 rings (SSSR count). The van der Waals surface area contributed by atoms with Crippen LogP contribution in [0.3, 0.4) is 0 Å². The summed E-state index contributed by atoms with van der Waals surface area (Å²) >= 11 is 0. The minimum Gasteiger partial charge on any atom is -0.318 e. The molecule has 4 fully saturated rings. The van der Waals surface area contributed by atoms with Crippen molar-refractivity contribution < 1.29 is 44.3 Å². The summed E-state index contributed by atoms with van der Waals surface area (Å²) in [5, 5.41) is -2.48. The third-order valence-electron chi connectivity index (χ3n) is 11.9. The standard InChI is InChI=1S/C36H44F8O2P2/c37-27-25(28(38)32(42)35(31(27)41)47(45,21-13-5-1-6-14-21)22-15-7-2-8-16-22)26-29(39)33(43)36(34(44)30(26)40)48(46,23-17-9-3-10-18-23)24-19-11-4-12-20-24/h21-24H,1-20H2. The van der Waals surface area contributed by atoms with Gasteiger partial charge in [0.1, 0.15) is 14.3 Å². The van der Waals surface area contributed by atoms with Gasteiger partial charge in [-0.1, -0.05) is 77.0 Å². The van der Waals surface area contributed by atoms with Gasteiger partial charge in [-0.3, -0.25) is 0 Å². The zero-order valence-corrected chi connectivity index (χ0v) is 29.0. The molecule has 0 atom stereocenters. The first-order valence-corrected chi connectivity index (χ1v) is 21.6. The molecule has 0 spiro atoms. The third kappa shape index (κ3) is 5.95. The number of halogens is 8. The summed E-state index contributed by atoms with van der Waals surface area (Å²) in [5.74, 6) is -17.3. The Morgan fingerprint density at radius 2 is 0.500 bits per heavy atom. The number of benzene rings is 2. The van der Waals surface area contributed by atoms with Crippen LogP contribution in [-0.4, -0.2) is 22.6 Å². The Hall–Kier alpha value is -1.66. The summed E-state index contributed by atoms with van der Waals surface area (Å²) in [5.41, 5.74) is -6.79. The predicted octanol–water partition coefficient (Wildman–Crippen LogP) is 11.8. The fourth-order valence-corrected chi connectivity index (χ4v) is 18.3. The molecule has 0 aliphatic heterocycles. The molecule has 2 aromatic rings. The average molecular weight is 723 g/mol. The second-order valence-corrected chi connectivity index (χ2v) is 21.2. The molecule has 0 N–H and O–H groups in total. The van der Waals surface area contributed by atoms with Gasteiger partial charge in [-0.05, 0) is 51.4 Å². The van der Waals surface area contributed by atoms with Crippen molar-refractivity contribution in [3.05, 3.63) is 46.5 Å². The number of hydrogen-bond acceptors (Lipinski definition) is 2. The van der Waals surface area contributed by atoms with E-state index in [9.17, 15) is 9.13 Å². The summed E-state index contributed by atoms with van der Waals surface area (Å²) in [6.45, 7) is 0. The molecule has 0 aromatic heterocycles. The Kier molecular flexibility index (Phi) is 10.9. The van der Waals surface area contributed by atoms with E-state index in [0.717, 1.165) is 25.7 Å². The number of rotatable bonds is 7. The molecule has 4 saturated carbocycles. The molecule has 48 heavy (non-hydrogen) atoms. The molecular weight excluding hydrogens is 678 g/mol. The van der Waals surface area contributed by atoms with Crippen LogP contribution in [0.5, 0.6) is 0 Å². The molecular formula is C36H44F8O2P2. The lowest BCUT2D eigenvalue weighted by Crippen LogP contribution is -2.35. The molecule has 2 nitrogen and oxygen atoms in total. The van der Waals surface area contributed by atoms with E-state index >= 15 is 35.1 Å². The molecule has 0 amide bonds. The van der Waals surface area contributed by atoms with Crippen LogP contribution in [0.15, 0.2) is 0 Å². The maximum absolute atomic E-state index is 16.2. The first kappa shape index (κ1) is 36.1. The lowest BCUT2D eigenvalue weighted by atomic mass is 9.99. The molecule has 0 unspecified atom stereocenters. The predicted molar refractivity (Wildman–Crippen MR) is 174 cm³/mol. The van der Waals surface area contributed by atoms with Crippen LogP contribution in [-0.2, 0) is 9.13 Å². The van der Waals surface area contributed by atoms with Gasteiger partial charge in [0.05, 0.1) is 21.7 Å². The second kappa shape index (κ2) is 14.5. The van der Waals surface area contributed by atoms with Crippen LogP contribution in [0.1, 0.15) is 128 Å². The van der Waals surface area contributed by atoms with E-state index in [1.165, 1.54) is 0 Å². The minimum atomic E-state index is -4.17. The maximum Gasteiger partial charge on any atom is 0.173 e. The maximum atomic E-state index is 16.2. The Morgan fingerprint density at radius 1 is 0.312 bits per heavy atom. The topological polar surface area (TPSA) is 34.1 Å². The molecule has 0 saturated heterocycles. The van der Waals surface area contributed by atoms with Crippen molar-refractivity contribution in [3.8, 4) is 11.1 Å². The molecule has 0 bridgehead atoms. The number of hydrogen-bond donors (Lipinski definition) is 0. The summed E-state index contributed by atoms with van der Waals surface area (Å²) in [4.78, 5) is 0. The lowest BCUT2D eigenvalue weighted by Gasteiger charge is -2.39. The lowest BCUT2D eigenvalue weighted by molar-refractivity contribution is 0.435. The Labute approximate surface area is 277 Å². The van der Waals surface area contributed by atoms with Gasteiger partial charge in [0, 0.05) is 22.6 Å². The quantitative estimate of drug-likeness (QED) is 0.162. The normalized spacial score (nSPS) is 21.6. The van der Waals surface area contributed by atoms with Crippen LogP contribution in [0.25, 0.3) is 11.1 Å². The zero-order chi connectivity index (χ0) is 34.4. The molecule has 4 aliphatic carbocycles. The van der Waals surface area contributed by atoms with Gasteiger partial charge in [0.2, 0.25) is 0 Å². The highest BCUT2D eigenvalue weighted by atomic mass is 31.2. The van der Waals surface area contributed by atoms with Crippen LogP contribution in [0.2, 0.25) is 0 Å². The van der Waals surface area contributed by atoms with Gasteiger partial charge in [-0.15, -0.1) is 0 Å². The van der Waals surface area contributed by atoms with Crippen molar-refractivity contribution in [1.82, 2.24) is 0 Å². The average Bonchev–Trinajstić information content (AvgIpc) is 3.12. The fraction of sp³-hybridized carbons (Fsp3) is 0.667. The summed E-state index contributed by atoms with van der Waals surface area (Å²) in [6.07, 6.45) is 11.0. The monoisotopic (exact) mass is 722 g/mol. The highest BCUT2D eigenvalue weighted by molar-refractivity contribution is 7.73. The third-order valence-corrected chi connectivity index (χ3v) is 20.5. The van der Waals surface area contributed by atoms with Crippen molar-refractivity contribution in [2.75, 3.05) is 0 Å². The van der Waals surface area contributed by atoms with Crippen LogP contribution >= 0.6 is 14.3 Å². The van der Waals surface area contributed by atoms with Crippen molar-refractivity contribution >= 4 is 24.9 Å². The van der Waals surface area contributed by atoms with Crippen molar-refractivity contribution in [1.29, 1.82) is 0 Å². The van der Waals surface area contributed by atoms with Crippen LogP contribution in [0.4, 0.5) is 35.1 Å². The molecule has 2 aromatic carbocycles. The van der Waals surface area contributed by atoms with Crippen molar-refractivity contribution in [2.45, 2.75) is 151 Å². The van der Waals surface area contributed by atoms with E-state index in [2.05, 4.69) is 0 Å². The van der Waals surface area contributed by atoms with E-state index in [4.69, 9.17) is 0 Å². The van der Waals surface area contributed by atoms with E-state index in [1.807, 2.05) is 0 Å². The van der Waals surface area contributed by atoms with Gasteiger partial charge in [0.15, 0.2) is 46.5 Å². The summed E-state index contributed by atoms with van der Waals surface area (Å²) in [6, 6.07) is 0. The van der Waals surface area contributed by atoms with Gasteiger partial charge in [-0.2, -0.15) is 0 Å². The summed E-state index contributed by atoms with van der Waals surface area (Å²) in [7, 11) is -8.34. The Bertz CT molecular complexity index is 1400. The van der Waals surface area contributed by atoms with Crippen molar-refractivity contribution in [3.63, 3.8) is 0 Å². The smallest absolute Gasteiger partial charge is 0.173 e. The largest absolute Gasteiger partial charge is 0.318 e. The Balaban J connectivity index is 1.54. The van der Waals surface area contributed by atoms with Gasteiger partial charge < -0.3 is 9.13 Å². The van der Waals surface area contributed by atoms with E-state index in [1.54, 1.807) is 0 Å². The summed E-state index contributed by atoms with van der Waals surface area (Å²) < 4.78 is 159. The van der Waals surface area contributed by atoms with Gasteiger partial charge >= 0.3 is 0 Å². The van der Waals surface area contributed by atoms with Gasteiger partial charge in [0.25, 0.3) is 0 Å². The van der Waals surface area contributed by atoms with E-state index in [0.29, 0.717) is 103 Å².